The second-order valence-corrected chi connectivity index (χ2v) is 12.3. The van der Waals surface area contributed by atoms with Crippen LogP contribution in [-0.2, 0) is 38.1 Å². The fourth-order valence-corrected chi connectivity index (χ4v) is 5.41. The van der Waals surface area contributed by atoms with Crippen molar-refractivity contribution < 1.29 is 58.5 Å². The fourth-order valence-electron chi connectivity index (χ4n) is 5.41. The van der Waals surface area contributed by atoms with Crippen LogP contribution in [0, 0.1) is 0 Å². The molecule has 1 heterocycles. The van der Waals surface area contributed by atoms with Gasteiger partial charge < -0.3 is 44.1 Å². The number of hydrogen-bond donors (Lipinski definition) is 4. The zero-order valence-electron chi connectivity index (χ0n) is 28.4. The molecule has 1 aliphatic rings. The number of aliphatic hydroxyl groups excluding tert-OH is 4. The van der Waals surface area contributed by atoms with E-state index in [9.17, 15) is 34.8 Å². The molecule has 0 aromatic rings. The number of carbonyl (C=O) groups excluding carboxylic acids is 3. The predicted molar refractivity (Wildman–Crippen MR) is 171 cm³/mol. The highest BCUT2D eigenvalue weighted by Gasteiger charge is 2.52. The Morgan fingerprint density at radius 2 is 1.09 bits per heavy atom. The molecular weight excluding hydrogens is 600 g/mol. The van der Waals surface area contributed by atoms with Gasteiger partial charge in [-0.3, -0.25) is 14.4 Å². The van der Waals surface area contributed by atoms with Crippen molar-refractivity contribution in [3.8, 4) is 0 Å². The van der Waals surface area contributed by atoms with Crippen molar-refractivity contribution in [1.82, 2.24) is 0 Å². The summed E-state index contributed by atoms with van der Waals surface area (Å²) in [5, 5.41) is 39.2. The number of rotatable bonds is 27. The fraction of sp³-hybridized carbons (Fsp3) is 0.912. The summed E-state index contributed by atoms with van der Waals surface area (Å²) >= 11 is 0. The first-order valence-electron chi connectivity index (χ1n) is 17.6. The molecule has 0 bridgehead atoms. The van der Waals surface area contributed by atoms with Gasteiger partial charge in [0.15, 0.2) is 24.6 Å². The Morgan fingerprint density at radius 3 is 1.52 bits per heavy atom. The zero-order chi connectivity index (χ0) is 34.2. The standard InChI is InChI=1S/C34H62O12/c1-4-6-8-10-12-14-16-18-20-29(40)45-32-31(43-25(3)37)28(23-36)44-34(42-24-27(39)26(38)22-35)33(32)46-30(41)21-19-17-15-13-11-9-7-5-2/h26-28,31-36,38-39H,4-24H2,1-3H3/t26-,27+,28-,31-,32+,33+,34-/m1/s1. The Labute approximate surface area is 275 Å². The first-order valence-corrected chi connectivity index (χ1v) is 17.6. The van der Waals surface area contributed by atoms with E-state index in [2.05, 4.69) is 13.8 Å². The summed E-state index contributed by atoms with van der Waals surface area (Å²) in [6.07, 6.45) is 6.93. The van der Waals surface area contributed by atoms with Gasteiger partial charge in [-0.1, -0.05) is 104 Å². The Hall–Kier alpha value is -1.83. The average Bonchev–Trinajstić information content (AvgIpc) is 3.03. The molecule has 1 fully saturated rings. The van der Waals surface area contributed by atoms with Gasteiger partial charge in [0.05, 0.1) is 19.8 Å². The van der Waals surface area contributed by atoms with Gasteiger partial charge >= 0.3 is 17.9 Å². The third-order valence-electron chi connectivity index (χ3n) is 8.14. The van der Waals surface area contributed by atoms with Crippen molar-refractivity contribution in [2.24, 2.45) is 0 Å². The minimum Gasteiger partial charge on any atom is -0.456 e. The van der Waals surface area contributed by atoms with Crippen LogP contribution in [0.2, 0.25) is 0 Å². The van der Waals surface area contributed by atoms with Gasteiger partial charge in [-0.05, 0) is 12.8 Å². The van der Waals surface area contributed by atoms with E-state index in [4.69, 9.17) is 23.7 Å². The van der Waals surface area contributed by atoms with Crippen molar-refractivity contribution in [3.63, 3.8) is 0 Å². The lowest BCUT2D eigenvalue weighted by molar-refractivity contribution is -0.312. The van der Waals surface area contributed by atoms with Crippen LogP contribution in [0.4, 0.5) is 0 Å². The maximum Gasteiger partial charge on any atom is 0.306 e. The van der Waals surface area contributed by atoms with Crippen molar-refractivity contribution in [1.29, 1.82) is 0 Å². The SMILES string of the molecule is CCCCCCCCCCC(=O)O[C@@H]1[C@H](OC(=O)CCCCCCCCCC)[C@H](OC[C@H](O)[C@H](O)CO)O[C@H](CO)[C@H]1OC(C)=O. The molecule has 0 aromatic carbocycles. The van der Waals surface area contributed by atoms with E-state index in [0.717, 1.165) is 58.3 Å². The molecule has 0 unspecified atom stereocenters. The van der Waals surface area contributed by atoms with Gasteiger partial charge in [0.25, 0.3) is 0 Å². The minimum absolute atomic E-state index is 0.0879. The molecule has 1 saturated heterocycles. The summed E-state index contributed by atoms with van der Waals surface area (Å²) in [4.78, 5) is 38.1. The van der Waals surface area contributed by atoms with Gasteiger partial charge in [0, 0.05) is 19.8 Å². The van der Waals surface area contributed by atoms with Crippen molar-refractivity contribution in [3.05, 3.63) is 0 Å². The van der Waals surface area contributed by atoms with E-state index in [0.29, 0.717) is 12.8 Å². The predicted octanol–water partition coefficient (Wildman–Crippen LogP) is 4.25. The highest BCUT2D eigenvalue weighted by Crippen LogP contribution is 2.30. The molecule has 0 amide bonds. The van der Waals surface area contributed by atoms with Crippen LogP contribution in [0.1, 0.15) is 136 Å². The highest BCUT2D eigenvalue weighted by atomic mass is 16.7. The molecule has 0 aromatic heterocycles. The Balaban J connectivity index is 3.00. The molecule has 270 valence electrons. The first kappa shape index (κ1) is 42.2. The van der Waals surface area contributed by atoms with Crippen LogP contribution in [0.15, 0.2) is 0 Å². The second kappa shape index (κ2) is 26.2. The number of carbonyl (C=O) groups is 3. The summed E-state index contributed by atoms with van der Waals surface area (Å²) in [6.45, 7) is 3.59. The van der Waals surface area contributed by atoms with Gasteiger partial charge in [0.2, 0.25) is 0 Å². The molecule has 12 nitrogen and oxygen atoms in total. The van der Waals surface area contributed by atoms with Crippen LogP contribution in [0.25, 0.3) is 0 Å². The molecule has 1 aliphatic heterocycles. The van der Waals surface area contributed by atoms with E-state index in [1.54, 1.807) is 0 Å². The van der Waals surface area contributed by atoms with Crippen LogP contribution < -0.4 is 0 Å². The summed E-state index contributed by atoms with van der Waals surface area (Å²) in [5.41, 5.74) is 0. The molecule has 1 rings (SSSR count). The molecule has 0 radical (unpaired) electrons. The first-order chi connectivity index (χ1) is 22.2. The number of ether oxygens (including phenoxy) is 5. The van der Waals surface area contributed by atoms with Crippen molar-refractivity contribution >= 4 is 17.9 Å². The number of esters is 3. The van der Waals surface area contributed by atoms with Crippen molar-refractivity contribution in [2.45, 2.75) is 179 Å². The highest BCUT2D eigenvalue weighted by molar-refractivity contribution is 5.71. The second-order valence-electron chi connectivity index (χ2n) is 12.3. The quantitative estimate of drug-likeness (QED) is 0.0559. The molecule has 0 aliphatic carbocycles. The third-order valence-corrected chi connectivity index (χ3v) is 8.14. The summed E-state index contributed by atoms with van der Waals surface area (Å²) < 4.78 is 28.4. The molecular formula is C34H62O12. The van der Waals surface area contributed by atoms with Crippen LogP contribution >= 0.6 is 0 Å². The van der Waals surface area contributed by atoms with E-state index in [1.807, 2.05) is 0 Å². The molecule has 7 atom stereocenters. The molecule has 0 spiro atoms. The summed E-state index contributed by atoms with van der Waals surface area (Å²) in [6, 6.07) is 0. The average molecular weight is 663 g/mol. The molecule has 0 saturated carbocycles. The van der Waals surface area contributed by atoms with E-state index >= 15 is 0 Å². The largest absolute Gasteiger partial charge is 0.456 e. The molecule has 12 heteroatoms. The minimum atomic E-state index is -1.51. The normalized spacial score (nSPS) is 22.6. The van der Waals surface area contributed by atoms with Gasteiger partial charge in [-0.25, -0.2) is 0 Å². The lowest BCUT2D eigenvalue weighted by atomic mass is 9.98. The van der Waals surface area contributed by atoms with Crippen LogP contribution in [-0.4, -0.2) is 101 Å². The van der Waals surface area contributed by atoms with Gasteiger partial charge in [0.1, 0.15) is 18.3 Å². The Kier molecular flexibility index (Phi) is 24.0. The van der Waals surface area contributed by atoms with Gasteiger partial charge in [-0.15, -0.1) is 0 Å². The zero-order valence-corrected chi connectivity index (χ0v) is 28.4. The van der Waals surface area contributed by atoms with Crippen LogP contribution in [0.5, 0.6) is 0 Å². The molecule has 46 heavy (non-hydrogen) atoms. The monoisotopic (exact) mass is 662 g/mol. The lowest BCUT2D eigenvalue weighted by Crippen LogP contribution is -2.63. The maximum absolute atomic E-state index is 13.0. The lowest BCUT2D eigenvalue weighted by Gasteiger charge is -2.44. The third kappa shape index (κ3) is 17.9. The van der Waals surface area contributed by atoms with E-state index in [1.165, 1.54) is 38.5 Å². The van der Waals surface area contributed by atoms with E-state index < -0.39 is 80.6 Å². The number of unbranched alkanes of at least 4 members (excludes halogenated alkanes) is 14. The maximum atomic E-state index is 13.0. The Bertz CT molecular complexity index is 809. The Morgan fingerprint density at radius 1 is 0.630 bits per heavy atom. The summed E-state index contributed by atoms with van der Waals surface area (Å²) in [5.74, 6) is -1.91. The van der Waals surface area contributed by atoms with E-state index in [-0.39, 0.29) is 12.8 Å². The van der Waals surface area contributed by atoms with Gasteiger partial charge in [-0.2, -0.15) is 0 Å². The molecule has 4 N–H and O–H groups in total. The van der Waals surface area contributed by atoms with Crippen molar-refractivity contribution in [2.75, 3.05) is 19.8 Å². The van der Waals surface area contributed by atoms with Crippen LogP contribution in [0.3, 0.4) is 0 Å². The topological polar surface area (TPSA) is 178 Å². The number of hydrogen-bond acceptors (Lipinski definition) is 12. The number of aliphatic hydroxyl groups is 4. The summed E-state index contributed by atoms with van der Waals surface area (Å²) in [7, 11) is 0. The smallest absolute Gasteiger partial charge is 0.306 e.